The number of ether oxygens (including phenoxy) is 1. The number of hydrogen-bond acceptors (Lipinski definition) is 2. The highest BCUT2D eigenvalue weighted by atomic mass is 32.1. The van der Waals surface area contributed by atoms with Crippen LogP contribution in [0.1, 0.15) is 27.1 Å². The molecule has 0 amide bonds. The predicted octanol–water partition coefficient (Wildman–Crippen LogP) is 6.87. The van der Waals surface area contributed by atoms with Gasteiger partial charge in [0.05, 0.1) is 0 Å². The van der Waals surface area contributed by atoms with Crippen molar-refractivity contribution >= 4 is 27.5 Å². The summed E-state index contributed by atoms with van der Waals surface area (Å²) in [5, 5.41) is 1.32. The molecule has 0 fully saturated rings. The molecule has 27 heavy (non-hydrogen) atoms. The van der Waals surface area contributed by atoms with E-state index in [0.29, 0.717) is 0 Å². The first-order chi connectivity index (χ1) is 13.2. The maximum atomic E-state index is 6.78. The minimum atomic E-state index is -0.609. The summed E-state index contributed by atoms with van der Waals surface area (Å²) in [5.74, 6) is 0.943. The largest absolute Gasteiger partial charge is 0.473 e. The van der Waals surface area contributed by atoms with Crippen molar-refractivity contribution < 1.29 is 4.74 Å². The summed E-state index contributed by atoms with van der Waals surface area (Å²) < 4.78 is 8.10. The Morgan fingerprint density at radius 3 is 2.04 bits per heavy atom. The number of thiophene rings is 1. The van der Waals surface area contributed by atoms with Gasteiger partial charge in [0, 0.05) is 31.7 Å². The molecule has 0 saturated heterocycles. The molecular formula is C25H20OS. The second-order valence-electron chi connectivity index (χ2n) is 7.04. The zero-order valence-electron chi connectivity index (χ0n) is 15.4. The molecule has 1 nitrogen and oxygen atoms in total. The van der Waals surface area contributed by atoms with Gasteiger partial charge in [0.15, 0.2) is 5.60 Å². The van der Waals surface area contributed by atoms with E-state index in [1.54, 1.807) is 0 Å². The number of aryl methyl sites for hydroxylation is 2. The molecule has 132 valence electrons. The average Bonchev–Trinajstić information content (AvgIpc) is 3.03. The van der Waals surface area contributed by atoms with Gasteiger partial charge in [-0.25, -0.2) is 0 Å². The summed E-state index contributed by atoms with van der Waals surface area (Å²) >= 11 is 1.85. The highest BCUT2D eigenvalue weighted by Gasteiger charge is 2.37. The molecule has 0 unspecified atom stereocenters. The van der Waals surface area contributed by atoms with Crippen LogP contribution in [0, 0.1) is 13.8 Å². The van der Waals surface area contributed by atoms with E-state index in [1.807, 2.05) is 23.5 Å². The highest BCUT2D eigenvalue weighted by Crippen LogP contribution is 2.46. The fourth-order valence-corrected chi connectivity index (χ4v) is 5.07. The number of rotatable bonds is 2. The van der Waals surface area contributed by atoms with Gasteiger partial charge >= 0.3 is 0 Å². The van der Waals surface area contributed by atoms with Crippen LogP contribution in [0.4, 0.5) is 0 Å². The lowest BCUT2D eigenvalue weighted by Crippen LogP contribution is -2.34. The Morgan fingerprint density at radius 2 is 1.41 bits per heavy atom. The fraction of sp³-hybridized carbons (Fsp3) is 0.120. The van der Waals surface area contributed by atoms with Crippen LogP contribution < -0.4 is 4.74 Å². The third-order valence-corrected chi connectivity index (χ3v) is 6.67. The van der Waals surface area contributed by atoms with Crippen molar-refractivity contribution in [2.45, 2.75) is 19.4 Å². The van der Waals surface area contributed by atoms with Gasteiger partial charge in [-0.2, -0.15) is 0 Å². The Morgan fingerprint density at radius 1 is 0.778 bits per heavy atom. The molecule has 3 aromatic carbocycles. The smallest absolute Gasteiger partial charge is 0.178 e. The van der Waals surface area contributed by atoms with Gasteiger partial charge in [-0.1, -0.05) is 60.7 Å². The molecule has 2 heteroatoms. The van der Waals surface area contributed by atoms with Crippen molar-refractivity contribution in [2.75, 3.05) is 0 Å². The molecule has 0 N–H and O–H groups in total. The Balaban J connectivity index is 1.76. The van der Waals surface area contributed by atoms with E-state index in [-0.39, 0.29) is 0 Å². The minimum absolute atomic E-state index is 0.609. The van der Waals surface area contributed by atoms with Crippen molar-refractivity contribution in [1.82, 2.24) is 0 Å². The molecule has 1 aliphatic rings. The summed E-state index contributed by atoms with van der Waals surface area (Å²) in [6, 6.07) is 25.3. The second-order valence-corrected chi connectivity index (χ2v) is 8.29. The maximum Gasteiger partial charge on any atom is 0.178 e. The first-order valence-corrected chi connectivity index (χ1v) is 10.0. The third kappa shape index (κ3) is 2.44. The maximum absolute atomic E-state index is 6.78. The van der Waals surface area contributed by atoms with Crippen LogP contribution in [0.2, 0.25) is 0 Å². The topological polar surface area (TPSA) is 9.23 Å². The molecule has 0 atom stereocenters. The van der Waals surface area contributed by atoms with E-state index >= 15 is 0 Å². The monoisotopic (exact) mass is 368 g/mol. The molecule has 1 aromatic heterocycles. The van der Waals surface area contributed by atoms with Gasteiger partial charge in [0.1, 0.15) is 5.75 Å². The predicted molar refractivity (Wildman–Crippen MR) is 115 cm³/mol. The summed E-state index contributed by atoms with van der Waals surface area (Å²) in [4.78, 5) is 1.37. The van der Waals surface area contributed by atoms with Crippen LogP contribution in [-0.2, 0) is 5.60 Å². The second kappa shape index (κ2) is 6.11. The average molecular weight is 369 g/mol. The first-order valence-electron chi connectivity index (χ1n) is 9.21. The molecule has 4 aromatic rings. The summed E-state index contributed by atoms with van der Waals surface area (Å²) in [5.41, 5.74) is 4.21. The molecular weight excluding hydrogens is 348 g/mol. The lowest BCUT2D eigenvalue weighted by molar-refractivity contribution is 0.161. The molecule has 0 aliphatic carbocycles. The first kappa shape index (κ1) is 16.3. The van der Waals surface area contributed by atoms with Gasteiger partial charge in [0.2, 0.25) is 0 Å². The normalized spacial score (nSPS) is 14.7. The zero-order chi connectivity index (χ0) is 18.4. The summed E-state index contributed by atoms with van der Waals surface area (Å²) in [7, 11) is 0. The Kier molecular flexibility index (Phi) is 3.70. The van der Waals surface area contributed by atoms with Gasteiger partial charge in [-0.3, -0.25) is 0 Å². The quantitative estimate of drug-likeness (QED) is 0.375. The van der Waals surface area contributed by atoms with Crippen molar-refractivity contribution in [1.29, 1.82) is 0 Å². The van der Waals surface area contributed by atoms with Crippen LogP contribution in [0.5, 0.6) is 5.75 Å². The molecule has 5 rings (SSSR count). The Bertz CT molecular complexity index is 1110. The van der Waals surface area contributed by atoms with Gasteiger partial charge in [-0.05, 0) is 43.7 Å². The molecule has 0 spiro atoms. The standard InChI is InChI=1S/C25H20OS/c1-17-18(2)27-23-14-13-22-21(24(17)23)15-16-25(26-22,19-9-5-3-6-10-19)20-11-7-4-8-12-20/h3-16H,1-2H3. The van der Waals surface area contributed by atoms with Crippen LogP contribution >= 0.6 is 11.3 Å². The molecule has 1 aliphatic heterocycles. The molecule has 0 bridgehead atoms. The molecule has 2 heterocycles. The van der Waals surface area contributed by atoms with Crippen molar-refractivity contribution in [2.24, 2.45) is 0 Å². The minimum Gasteiger partial charge on any atom is -0.473 e. The van der Waals surface area contributed by atoms with Crippen LogP contribution in [0.25, 0.3) is 16.2 Å². The van der Waals surface area contributed by atoms with E-state index in [0.717, 1.165) is 16.9 Å². The molecule has 0 radical (unpaired) electrons. The van der Waals surface area contributed by atoms with Gasteiger partial charge in [0.25, 0.3) is 0 Å². The molecule has 0 saturated carbocycles. The summed E-state index contributed by atoms with van der Waals surface area (Å²) in [6.07, 6.45) is 4.46. The number of fused-ring (bicyclic) bond motifs is 3. The SMILES string of the molecule is Cc1sc2ccc3c(c2c1C)C=CC(c1ccccc1)(c1ccccc1)O3. The van der Waals surface area contributed by atoms with Gasteiger partial charge in [-0.15, -0.1) is 11.3 Å². The van der Waals surface area contributed by atoms with Crippen molar-refractivity contribution in [3.63, 3.8) is 0 Å². The number of hydrogen-bond donors (Lipinski definition) is 0. The zero-order valence-corrected chi connectivity index (χ0v) is 16.2. The summed E-state index contributed by atoms with van der Waals surface area (Å²) in [6.45, 7) is 4.40. The van der Waals surface area contributed by atoms with Crippen LogP contribution in [-0.4, -0.2) is 0 Å². The van der Waals surface area contributed by atoms with Crippen molar-refractivity contribution in [3.8, 4) is 5.75 Å². The van der Waals surface area contributed by atoms with Gasteiger partial charge < -0.3 is 4.74 Å². The highest BCUT2D eigenvalue weighted by molar-refractivity contribution is 7.19. The third-order valence-electron chi connectivity index (χ3n) is 5.49. The van der Waals surface area contributed by atoms with E-state index in [2.05, 4.69) is 86.7 Å². The van der Waals surface area contributed by atoms with Crippen molar-refractivity contribution in [3.05, 3.63) is 106 Å². The van der Waals surface area contributed by atoms with E-state index in [4.69, 9.17) is 4.74 Å². The number of benzene rings is 3. The lowest BCUT2D eigenvalue weighted by Gasteiger charge is -2.36. The van der Waals surface area contributed by atoms with E-state index < -0.39 is 5.60 Å². The van der Waals surface area contributed by atoms with E-state index in [9.17, 15) is 0 Å². The fourth-order valence-electron chi connectivity index (χ4n) is 3.98. The van der Waals surface area contributed by atoms with E-state index in [1.165, 1.54) is 26.1 Å². The Labute approximate surface area is 163 Å². The van der Waals surface area contributed by atoms with Crippen LogP contribution in [0.3, 0.4) is 0 Å². The Hall–Kier alpha value is -2.84. The van der Waals surface area contributed by atoms with Crippen LogP contribution in [0.15, 0.2) is 78.9 Å². The lowest BCUT2D eigenvalue weighted by atomic mass is 9.83.